The first-order valence-electron chi connectivity index (χ1n) is 5.71. The highest BCUT2D eigenvalue weighted by atomic mass is 79.9. The summed E-state index contributed by atoms with van der Waals surface area (Å²) >= 11 is 9.50. The van der Waals surface area contributed by atoms with Crippen LogP contribution < -0.4 is 14.8 Å². The van der Waals surface area contributed by atoms with Gasteiger partial charge in [-0.25, -0.2) is 0 Å². The lowest BCUT2D eigenvalue weighted by Crippen LogP contribution is -2.17. The van der Waals surface area contributed by atoms with Gasteiger partial charge in [0.15, 0.2) is 11.5 Å². The Bertz CT molecular complexity index is 672. The summed E-state index contributed by atoms with van der Waals surface area (Å²) < 4.78 is 11.3. The van der Waals surface area contributed by atoms with Crippen molar-refractivity contribution in [2.45, 2.75) is 6.92 Å². The van der Waals surface area contributed by atoms with Gasteiger partial charge in [-0.2, -0.15) is 0 Å². The van der Waals surface area contributed by atoms with E-state index in [9.17, 15) is 9.59 Å². The average molecular weight is 388 g/mol. The molecule has 0 unspecified atom stereocenters. The van der Waals surface area contributed by atoms with Crippen LogP contribution in [0.4, 0.5) is 0 Å². The Morgan fingerprint density at radius 2 is 2.14 bits per heavy atom. The number of rotatable bonds is 3. The Hall–Kier alpha value is -1.38. The number of ether oxygens (including phenoxy) is 2. The molecule has 0 bridgehead atoms. The Kier molecular flexibility index (Phi) is 5.02. The highest BCUT2D eigenvalue weighted by Gasteiger charge is 2.22. The molecule has 0 aromatic heterocycles. The van der Waals surface area contributed by atoms with E-state index in [0.29, 0.717) is 30.8 Å². The quantitative estimate of drug-likeness (QED) is 0.372. The number of nitrogens with one attached hydrogen (secondary N) is 1. The van der Waals surface area contributed by atoms with Gasteiger partial charge >= 0.3 is 5.97 Å². The van der Waals surface area contributed by atoms with Crippen molar-refractivity contribution in [3.63, 3.8) is 0 Å². The molecule has 0 atom stereocenters. The SMILES string of the molecule is COc1cc(/C=C2/SC(=S)NC2=O)c(Br)cc1OC(C)=O. The minimum atomic E-state index is -0.442. The van der Waals surface area contributed by atoms with Gasteiger partial charge in [0.2, 0.25) is 0 Å². The number of halogens is 1. The molecule has 1 saturated heterocycles. The van der Waals surface area contributed by atoms with Gasteiger partial charge in [0.05, 0.1) is 12.0 Å². The normalized spacial score (nSPS) is 16.0. The van der Waals surface area contributed by atoms with E-state index in [4.69, 9.17) is 21.7 Å². The number of thioether (sulfide) groups is 1. The second kappa shape index (κ2) is 6.59. The van der Waals surface area contributed by atoms with Gasteiger partial charge in [-0.3, -0.25) is 9.59 Å². The number of hydrogen-bond acceptors (Lipinski definition) is 6. The summed E-state index contributed by atoms with van der Waals surface area (Å²) in [5.74, 6) is 0.0200. The van der Waals surface area contributed by atoms with Gasteiger partial charge < -0.3 is 14.8 Å². The van der Waals surface area contributed by atoms with E-state index in [-0.39, 0.29) is 5.91 Å². The summed E-state index contributed by atoms with van der Waals surface area (Å²) in [5, 5.41) is 2.54. The number of thiocarbonyl (C=S) groups is 1. The lowest BCUT2D eigenvalue weighted by atomic mass is 10.2. The molecule has 5 nitrogen and oxygen atoms in total. The fourth-order valence-electron chi connectivity index (χ4n) is 1.62. The lowest BCUT2D eigenvalue weighted by Gasteiger charge is -2.10. The second-order valence-corrected chi connectivity index (χ2v) is 6.54. The maximum absolute atomic E-state index is 11.7. The first-order valence-corrected chi connectivity index (χ1v) is 7.73. The average Bonchev–Trinajstić information content (AvgIpc) is 2.70. The molecule has 8 heteroatoms. The highest BCUT2D eigenvalue weighted by molar-refractivity contribution is 9.10. The molecule has 0 aliphatic carbocycles. The molecule has 2 rings (SSSR count). The second-order valence-electron chi connectivity index (χ2n) is 3.97. The van der Waals surface area contributed by atoms with Gasteiger partial charge in [-0.05, 0) is 23.8 Å². The largest absolute Gasteiger partial charge is 0.493 e. The molecular formula is C13H10BrNO4S2. The van der Waals surface area contributed by atoms with Crippen molar-refractivity contribution in [2.75, 3.05) is 7.11 Å². The van der Waals surface area contributed by atoms with Gasteiger partial charge in [0, 0.05) is 11.4 Å². The van der Waals surface area contributed by atoms with Gasteiger partial charge in [-0.1, -0.05) is 39.9 Å². The van der Waals surface area contributed by atoms with Crippen LogP contribution in [0.1, 0.15) is 12.5 Å². The summed E-state index contributed by atoms with van der Waals surface area (Å²) in [4.78, 5) is 23.2. The van der Waals surface area contributed by atoms with Crippen LogP contribution in [-0.2, 0) is 9.59 Å². The van der Waals surface area contributed by atoms with Crippen molar-refractivity contribution in [3.8, 4) is 11.5 Å². The molecule has 1 aromatic rings. The van der Waals surface area contributed by atoms with Crippen molar-refractivity contribution in [2.24, 2.45) is 0 Å². The molecule has 21 heavy (non-hydrogen) atoms. The van der Waals surface area contributed by atoms with Crippen LogP contribution in [0.3, 0.4) is 0 Å². The van der Waals surface area contributed by atoms with E-state index in [1.165, 1.54) is 25.8 Å². The fraction of sp³-hybridized carbons (Fsp3) is 0.154. The van der Waals surface area contributed by atoms with Crippen LogP contribution in [0, 0.1) is 0 Å². The molecule has 1 heterocycles. The highest BCUT2D eigenvalue weighted by Crippen LogP contribution is 2.36. The number of hydrogen-bond donors (Lipinski definition) is 1. The van der Waals surface area contributed by atoms with Crippen molar-refractivity contribution in [1.82, 2.24) is 5.32 Å². The number of esters is 1. The Morgan fingerprint density at radius 3 is 2.67 bits per heavy atom. The summed E-state index contributed by atoms with van der Waals surface area (Å²) in [6.45, 7) is 1.31. The minimum Gasteiger partial charge on any atom is -0.493 e. The number of amides is 1. The first kappa shape index (κ1) is 16.0. The third-order valence-corrected chi connectivity index (χ3v) is 4.31. The standard InChI is InChI=1S/C13H10BrNO4S2/c1-6(16)19-10-5-8(14)7(3-9(10)18-2)4-11-12(17)15-13(20)21-11/h3-5H,1-2H3,(H,15,17,20)/b11-4+. The number of benzene rings is 1. The summed E-state index contributed by atoms with van der Waals surface area (Å²) in [6.07, 6.45) is 1.68. The lowest BCUT2D eigenvalue weighted by molar-refractivity contribution is -0.132. The topological polar surface area (TPSA) is 64.6 Å². The Balaban J connectivity index is 2.41. The van der Waals surface area contributed by atoms with Crippen LogP contribution in [-0.4, -0.2) is 23.3 Å². The zero-order valence-electron chi connectivity index (χ0n) is 11.1. The van der Waals surface area contributed by atoms with Crippen molar-refractivity contribution in [3.05, 3.63) is 27.1 Å². The van der Waals surface area contributed by atoms with E-state index in [0.717, 1.165) is 0 Å². The van der Waals surface area contributed by atoms with Crippen LogP contribution in [0.15, 0.2) is 21.5 Å². The molecule has 1 fully saturated rings. The van der Waals surface area contributed by atoms with Crippen molar-refractivity contribution in [1.29, 1.82) is 0 Å². The Labute approximate surface area is 139 Å². The van der Waals surface area contributed by atoms with Crippen LogP contribution in [0.25, 0.3) is 6.08 Å². The molecule has 1 aliphatic rings. The maximum atomic E-state index is 11.7. The van der Waals surface area contributed by atoms with Crippen molar-refractivity contribution >= 4 is 62.2 Å². The predicted molar refractivity (Wildman–Crippen MR) is 88.3 cm³/mol. The van der Waals surface area contributed by atoms with Crippen LogP contribution in [0.5, 0.6) is 11.5 Å². The van der Waals surface area contributed by atoms with Gasteiger partial charge in [0.1, 0.15) is 4.32 Å². The zero-order chi connectivity index (χ0) is 15.6. The predicted octanol–water partition coefficient (Wildman–Crippen LogP) is 2.87. The van der Waals surface area contributed by atoms with Gasteiger partial charge in [0.25, 0.3) is 5.91 Å². The molecular weight excluding hydrogens is 378 g/mol. The first-order chi connectivity index (χ1) is 9.90. The molecule has 1 aromatic carbocycles. The molecule has 110 valence electrons. The Morgan fingerprint density at radius 1 is 1.43 bits per heavy atom. The van der Waals surface area contributed by atoms with E-state index < -0.39 is 5.97 Å². The third kappa shape index (κ3) is 3.84. The molecule has 1 N–H and O–H groups in total. The number of carbonyl (C=O) groups excluding carboxylic acids is 2. The van der Waals surface area contributed by atoms with E-state index in [1.54, 1.807) is 18.2 Å². The molecule has 1 amide bonds. The smallest absolute Gasteiger partial charge is 0.308 e. The molecule has 0 saturated carbocycles. The van der Waals surface area contributed by atoms with E-state index >= 15 is 0 Å². The summed E-state index contributed by atoms with van der Waals surface area (Å²) in [7, 11) is 1.47. The van der Waals surface area contributed by atoms with Crippen LogP contribution in [0.2, 0.25) is 0 Å². The summed E-state index contributed by atoms with van der Waals surface area (Å²) in [6, 6.07) is 3.28. The number of carbonyl (C=O) groups is 2. The maximum Gasteiger partial charge on any atom is 0.308 e. The fourth-order valence-corrected chi connectivity index (χ4v) is 3.09. The molecule has 0 radical (unpaired) electrons. The summed E-state index contributed by atoms with van der Waals surface area (Å²) in [5.41, 5.74) is 0.713. The molecule has 0 spiro atoms. The van der Waals surface area contributed by atoms with E-state index in [1.807, 2.05) is 0 Å². The molecule has 1 aliphatic heterocycles. The minimum absolute atomic E-state index is 0.236. The van der Waals surface area contributed by atoms with Gasteiger partial charge in [-0.15, -0.1) is 0 Å². The number of methoxy groups -OCH3 is 1. The van der Waals surface area contributed by atoms with Crippen LogP contribution >= 0.6 is 39.9 Å². The van der Waals surface area contributed by atoms with Crippen molar-refractivity contribution < 1.29 is 19.1 Å². The third-order valence-electron chi connectivity index (χ3n) is 2.47. The zero-order valence-corrected chi connectivity index (χ0v) is 14.3. The van der Waals surface area contributed by atoms with E-state index in [2.05, 4.69) is 21.2 Å². The monoisotopic (exact) mass is 387 g/mol.